The predicted molar refractivity (Wildman–Crippen MR) is 78.4 cm³/mol. The lowest BCUT2D eigenvalue weighted by Gasteiger charge is -2.14. The first-order valence-electron chi connectivity index (χ1n) is 6.36. The largest absolute Gasteiger partial charge is 0.416 e. The summed E-state index contributed by atoms with van der Waals surface area (Å²) in [4.78, 5) is 11.7. The van der Waals surface area contributed by atoms with E-state index in [2.05, 4.69) is 0 Å². The van der Waals surface area contributed by atoms with Crippen molar-refractivity contribution in [1.29, 1.82) is 0 Å². The third-order valence-corrected chi connectivity index (χ3v) is 3.53. The maximum Gasteiger partial charge on any atom is 0.416 e. The molecule has 2 rings (SSSR count). The highest BCUT2D eigenvalue weighted by molar-refractivity contribution is 7.08. The van der Waals surface area contributed by atoms with Crippen molar-refractivity contribution >= 4 is 29.0 Å². The van der Waals surface area contributed by atoms with Gasteiger partial charge in [-0.05, 0) is 46.7 Å². The van der Waals surface area contributed by atoms with E-state index >= 15 is 0 Å². The van der Waals surface area contributed by atoms with Gasteiger partial charge >= 0.3 is 12.4 Å². The lowest BCUT2D eigenvalue weighted by molar-refractivity contribution is -0.143. The molecule has 0 aliphatic heterocycles. The molecule has 1 N–H and O–H groups in total. The number of anilines is 1. The Morgan fingerprint density at radius 1 is 1.00 bits per heavy atom. The molecule has 1 amide bonds. The van der Waals surface area contributed by atoms with Crippen LogP contribution in [0, 0.1) is 0 Å². The molecule has 1 heterocycles. The van der Waals surface area contributed by atoms with Crippen LogP contribution in [0.3, 0.4) is 0 Å². The standard InChI is InChI=1S/C15H9F6NOS/c16-14(17,18)10-5-11(15(19,20)21)7-12(6-10)22-13(23)2-1-9-3-4-24-8-9/h1-8H,(H,22,23)/b2-1-. The number of carbonyl (C=O) groups excluding carboxylic acids is 1. The van der Waals surface area contributed by atoms with Gasteiger partial charge in [0, 0.05) is 11.8 Å². The number of alkyl halides is 6. The van der Waals surface area contributed by atoms with Crippen LogP contribution in [0.2, 0.25) is 0 Å². The summed E-state index contributed by atoms with van der Waals surface area (Å²) in [5.74, 6) is -0.839. The minimum atomic E-state index is -4.97. The number of hydrogen-bond donors (Lipinski definition) is 1. The molecule has 9 heteroatoms. The second-order valence-corrected chi connectivity index (χ2v) is 5.45. The fourth-order valence-electron chi connectivity index (χ4n) is 1.75. The molecule has 128 valence electrons. The van der Waals surface area contributed by atoms with Crippen molar-refractivity contribution in [3.63, 3.8) is 0 Å². The summed E-state index contributed by atoms with van der Waals surface area (Å²) in [7, 11) is 0. The van der Waals surface area contributed by atoms with Crippen molar-refractivity contribution in [2.45, 2.75) is 12.4 Å². The first-order chi connectivity index (χ1) is 11.1. The highest BCUT2D eigenvalue weighted by Crippen LogP contribution is 2.37. The maximum atomic E-state index is 12.7. The number of amides is 1. The minimum Gasteiger partial charge on any atom is -0.322 e. The number of halogens is 6. The van der Waals surface area contributed by atoms with Crippen LogP contribution in [0.1, 0.15) is 16.7 Å². The number of nitrogens with one attached hydrogen (secondary N) is 1. The van der Waals surface area contributed by atoms with Crippen molar-refractivity contribution in [3.05, 3.63) is 57.8 Å². The average molecular weight is 365 g/mol. The number of hydrogen-bond acceptors (Lipinski definition) is 2. The molecular weight excluding hydrogens is 356 g/mol. The maximum absolute atomic E-state index is 12.7. The quantitative estimate of drug-likeness (QED) is 0.570. The summed E-state index contributed by atoms with van der Waals surface area (Å²) in [6.07, 6.45) is -7.51. The van der Waals surface area contributed by atoms with Gasteiger partial charge in [-0.3, -0.25) is 4.79 Å². The second kappa shape index (κ2) is 6.68. The Bertz CT molecular complexity index is 714. The summed E-state index contributed by atoms with van der Waals surface area (Å²) in [6, 6.07) is 2.59. The Kier molecular flexibility index (Phi) is 5.02. The first-order valence-corrected chi connectivity index (χ1v) is 7.31. The first kappa shape index (κ1) is 18.1. The van der Waals surface area contributed by atoms with E-state index in [0.717, 1.165) is 6.08 Å². The zero-order chi connectivity index (χ0) is 18.0. The Balaban J connectivity index is 2.27. The molecular formula is C15H9F6NOS. The third kappa shape index (κ3) is 4.85. The summed E-state index contributed by atoms with van der Waals surface area (Å²) in [5, 5.41) is 5.48. The van der Waals surface area contributed by atoms with Gasteiger partial charge in [-0.15, -0.1) is 0 Å². The average Bonchev–Trinajstić information content (AvgIpc) is 2.96. The van der Waals surface area contributed by atoms with Crippen molar-refractivity contribution in [2.24, 2.45) is 0 Å². The van der Waals surface area contributed by atoms with Crippen molar-refractivity contribution in [2.75, 3.05) is 5.32 Å². The summed E-state index contributed by atoms with van der Waals surface area (Å²) in [6.45, 7) is 0. The highest BCUT2D eigenvalue weighted by atomic mass is 32.1. The third-order valence-electron chi connectivity index (χ3n) is 2.83. The molecule has 1 aromatic carbocycles. The number of rotatable bonds is 3. The zero-order valence-corrected chi connectivity index (χ0v) is 12.5. The lowest BCUT2D eigenvalue weighted by atomic mass is 10.1. The Morgan fingerprint density at radius 3 is 2.04 bits per heavy atom. The Hall–Kier alpha value is -2.29. The molecule has 2 nitrogen and oxygen atoms in total. The molecule has 0 fully saturated rings. The van der Waals surface area contributed by atoms with E-state index in [1.54, 1.807) is 16.8 Å². The smallest absolute Gasteiger partial charge is 0.322 e. The van der Waals surface area contributed by atoms with E-state index in [-0.39, 0.29) is 6.07 Å². The van der Waals surface area contributed by atoms with E-state index in [9.17, 15) is 31.1 Å². The van der Waals surface area contributed by atoms with Gasteiger partial charge in [0.1, 0.15) is 0 Å². The normalized spacial score (nSPS) is 12.6. The van der Waals surface area contributed by atoms with Gasteiger partial charge in [-0.25, -0.2) is 0 Å². The summed E-state index contributed by atoms with van der Waals surface area (Å²) >= 11 is 1.37. The van der Waals surface area contributed by atoms with E-state index in [0.29, 0.717) is 17.7 Å². The van der Waals surface area contributed by atoms with Crippen LogP contribution in [-0.4, -0.2) is 5.91 Å². The van der Waals surface area contributed by atoms with Crippen LogP contribution >= 0.6 is 11.3 Å². The van der Waals surface area contributed by atoms with Crippen molar-refractivity contribution in [3.8, 4) is 0 Å². The van der Waals surface area contributed by atoms with E-state index in [4.69, 9.17) is 0 Å². The Labute approximate surface area is 136 Å². The van der Waals surface area contributed by atoms with Crippen LogP contribution in [0.25, 0.3) is 6.08 Å². The fourth-order valence-corrected chi connectivity index (χ4v) is 2.38. The van der Waals surface area contributed by atoms with Crippen LogP contribution in [0.15, 0.2) is 41.1 Å². The molecule has 0 atom stereocenters. The van der Waals surface area contributed by atoms with Crippen LogP contribution in [0.5, 0.6) is 0 Å². The second-order valence-electron chi connectivity index (χ2n) is 4.67. The van der Waals surface area contributed by atoms with Crippen LogP contribution in [0.4, 0.5) is 32.0 Å². The molecule has 0 radical (unpaired) electrons. The van der Waals surface area contributed by atoms with Crippen molar-refractivity contribution in [1.82, 2.24) is 0 Å². The van der Waals surface area contributed by atoms with E-state index < -0.39 is 35.1 Å². The van der Waals surface area contributed by atoms with E-state index in [1.807, 2.05) is 5.32 Å². The van der Waals surface area contributed by atoms with Gasteiger partial charge < -0.3 is 5.32 Å². The molecule has 0 unspecified atom stereocenters. The molecule has 0 aliphatic carbocycles. The number of benzene rings is 1. The van der Waals surface area contributed by atoms with Crippen LogP contribution in [-0.2, 0) is 17.1 Å². The number of carbonyl (C=O) groups is 1. The van der Waals surface area contributed by atoms with Gasteiger partial charge in [0.2, 0.25) is 5.91 Å². The van der Waals surface area contributed by atoms with E-state index in [1.165, 1.54) is 17.4 Å². The van der Waals surface area contributed by atoms with Gasteiger partial charge in [-0.2, -0.15) is 37.7 Å². The summed E-state index contributed by atoms with van der Waals surface area (Å²) < 4.78 is 76.3. The van der Waals surface area contributed by atoms with Gasteiger partial charge in [-0.1, -0.05) is 0 Å². The topological polar surface area (TPSA) is 29.1 Å². The highest BCUT2D eigenvalue weighted by Gasteiger charge is 2.37. The molecule has 0 saturated carbocycles. The summed E-state index contributed by atoms with van der Waals surface area (Å²) in [5.41, 5.74) is -2.88. The molecule has 1 aromatic heterocycles. The van der Waals surface area contributed by atoms with Crippen LogP contribution < -0.4 is 5.32 Å². The van der Waals surface area contributed by atoms with Gasteiger partial charge in [0.25, 0.3) is 0 Å². The SMILES string of the molecule is O=C(/C=C\c1ccsc1)Nc1cc(C(F)(F)F)cc(C(F)(F)F)c1. The molecule has 24 heavy (non-hydrogen) atoms. The number of thiophene rings is 1. The zero-order valence-electron chi connectivity index (χ0n) is 11.7. The molecule has 2 aromatic rings. The Morgan fingerprint density at radius 2 is 1.58 bits per heavy atom. The predicted octanol–water partition coefficient (Wildman–Crippen LogP) is 5.44. The molecule has 0 aliphatic rings. The van der Waals surface area contributed by atoms with Gasteiger partial charge in [0.15, 0.2) is 0 Å². The minimum absolute atomic E-state index is 0.00312. The molecule has 0 spiro atoms. The van der Waals surface area contributed by atoms with Gasteiger partial charge in [0.05, 0.1) is 11.1 Å². The monoisotopic (exact) mass is 365 g/mol. The van der Waals surface area contributed by atoms with Crippen molar-refractivity contribution < 1.29 is 31.1 Å². The lowest BCUT2D eigenvalue weighted by Crippen LogP contribution is -2.14. The fraction of sp³-hybridized carbons (Fsp3) is 0.133. The molecule has 0 saturated heterocycles. The molecule has 0 bridgehead atoms.